The fourth-order valence-corrected chi connectivity index (χ4v) is 2.51. The number of rotatable bonds is 4. The molecule has 0 saturated heterocycles. The van der Waals surface area contributed by atoms with Crippen LogP contribution in [-0.4, -0.2) is 23.4 Å². The van der Waals surface area contributed by atoms with Gasteiger partial charge in [0.2, 0.25) is 0 Å². The summed E-state index contributed by atoms with van der Waals surface area (Å²) in [6.07, 6.45) is 1.51. The molecule has 0 aliphatic heterocycles. The van der Waals surface area contributed by atoms with Crippen molar-refractivity contribution in [2.75, 3.05) is 12.5 Å². The Kier molecular flexibility index (Phi) is 5.74. The Bertz CT molecular complexity index is 741. The molecule has 5 nitrogen and oxygen atoms in total. The standard InChI is InChI=1S/C13H9BrCl3N3O2/c1-22-10-3-6(2-7(14)11(10)21)5-18-20-13-9(16)4-8(15)12(17)19-13/h2-5,21H,1H3,(H,19,20). The number of aromatic hydroxyl groups is 1. The van der Waals surface area contributed by atoms with E-state index in [1.54, 1.807) is 12.1 Å². The lowest BCUT2D eigenvalue weighted by Gasteiger charge is -2.07. The molecule has 116 valence electrons. The van der Waals surface area contributed by atoms with E-state index in [0.29, 0.717) is 15.8 Å². The second kappa shape index (κ2) is 7.37. The van der Waals surface area contributed by atoms with E-state index in [9.17, 15) is 5.11 Å². The van der Waals surface area contributed by atoms with Gasteiger partial charge in [-0.2, -0.15) is 5.10 Å². The first-order chi connectivity index (χ1) is 10.4. The molecule has 0 saturated carbocycles. The van der Waals surface area contributed by atoms with Crippen LogP contribution in [0.3, 0.4) is 0 Å². The van der Waals surface area contributed by atoms with E-state index < -0.39 is 0 Å². The van der Waals surface area contributed by atoms with E-state index in [4.69, 9.17) is 39.5 Å². The lowest BCUT2D eigenvalue weighted by atomic mass is 10.2. The highest BCUT2D eigenvalue weighted by Crippen LogP contribution is 2.34. The molecule has 9 heteroatoms. The first-order valence-electron chi connectivity index (χ1n) is 5.79. The zero-order chi connectivity index (χ0) is 16.3. The highest BCUT2D eigenvalue weighted by molar-refractivity contribution is 9.10. The molecule has 0 spiro atoms. The van der Waals surface area contributed by atoms with Crippen LogP contribution in [0, 0.1) is 0 Å². The highest BCUT2D eigenvalue weighted by Gasteiger charge is 2.08. The van der Waals surface area contributed by atoms with Gasteiger partial charge in [0, 0.05) is 0 Å². The predicted octanol–water partition coefficient (Wildman–Crippen LogP) is 4.96. The van der Waals surface area contributed by atoms with Crippen LogP contribution in [0.15, 0.2) is 27.8 Å². The number of hydrogen-bond acceptors (Lipinski definition) is 5. The first-order valence-corrected chi connectivity index (χ1v) is 7.72. The third kappa shape index (κ3) is 3.95. The summed E-state index contributed by atoms with van der Waals surface area (Å²) < 4.78 is 5.54. The minimum atomic E-state index is 0.0156. The molecule has 0 aliphatic rings. The lowest BCUT2D eigenvalue weighted by Crippen LogP contribution is -1.96. The molecule has 0 fully saturated rings. The van der Waals surface area contributed by atoms with Gasteiger partial charge in [-0.25, -0.2) is 4.98 Å². The van der Waals surface area contributed by atoms with Crippen molar-refractivity contribution in [1.29, 1.82) is 0 Å². The third-order valence-electron chi connectivity index (χ3n) is 2.54. The fourth-order valence-electron chi connectivity index (χ4n) is 1.51. The van der Waals surface area contributed by atoms with Gasteiger partial charge in [-0.1, -0.05) is 34.8 Å². The summed E-state index contributed by atoms with van der Waals surface area (Å²) in [5.74, 6) is 0.612. The summed E-state index contributed by atoms with van der Waals surface area (Å²) in [7, 11) is 1.46. The molecule has 0 atom stereocenters. The number of hydrazone groups is 1. The average Bonchev–Trinajstić information content (AvgIpc) is 2.47. The van der Waals surface area contributed by atoms with Crippen molar-refractivity contribution in [3.05, 3.63) is 43.4 Å². The molecule has 0 amide bonds. The summed E-state index contributed by atoms with van der Waals surface area (Å²) in [6, 6.07) is 4.76. The van der Waals surface area contributed by atoms with Crippen LogP contribution in [0.25, 0.3) is 0 Å². The molecule has 1 aromatic carbocycles. The SMILES string of the molecule is COc1cc(C=NNc2nc(Cl)c(Cl)cc2Cl)cc(Br)c1O. The topological polar surface area (TPSA) is 66.7 Å². The highest BCUT2D eigenvalue weighted by atomic mass is 79.9. The molecule has 1 heterocycles. The van der Waals surface area contributed by atoms with E-state index >= 15 is 0 Å². The second-order valence-corrected chi connectivity index (χ2v) is 6.04. The van der Waals surface area contributed by atoms with Crippen molar-refractivity contribution in [1.82, 2.24) is 4.98 Å². The lowest BCUT2D eigenvalue weighted by molar-refractivity contribution is 0.372. The van der Waals surface area contributed by atoms with Gasteiger partial charge in [-0.3, -0.25) is 5.43 Å². The Morgan fingerprint density at radius 3 is 2.68 bits per heavy atom. The van der Waals surface area contributed by atoms with Gasteiger partial charge in [0.05, 0.1) is 27.8 Å². The Morgan fingerprint density at radius 1 is 1.27 bits per heavy atom. The Balaban J connectivity index is 2.20. The molecule has 2 N–H and O–H groups in total. The van der Waals surface area contributed by atoms with Crippen LogP contribution in [0.2, 0.25) is 15.2 Å². The zero-order valence-corrected chi connectivity index (χ0v) is 14.9. The van der Waals surface area contributed by atoms with Gasteiger partial charge >= 0.3 is 0 Å². The summed E-state index contributed by atoms with van der Waals surface area (Å²) in [5, 5.41) is 14.4. The third-order valence-corrected chi connectivity index (χ3v) is 4.11. The van der Waals surface area contributed by atoms with Gasteiger partial charge < -0.3 is 9.84 Å². The molecule has 2 rings (SSSR count). The summed E-state index contributed by atoms with van der Waals surface area (Å²) >= 11 is 20.8. The van der Waals surface area contributed by atoms with Crippen molar-refractivity contribution < 1.29 is 9.84 Å². The number of aromatic nitrogens is 1. The molecule has 22 heavy (non-hydrogen) atoms. The Hall–Kier alpha value is -1.21. The van der Waals surface area contributed by atoms with E-state index in [1.807, 2.05) is 0 Å². The minimum Gasteiger partial charge on any atom is -0.503 e. The van der Waals surface area contributed by atoms with Crippen molar-refractivity contribution in [3.63, 3.8) is 0 Å². The average molecular weight is 425 g/mol. The quantitative estimate of drug-likeness (QED) is 0.413. The number of hydrogen-bond donors (Lipinski definition) is 2. The van der Waals surface area contributed by atoms with E-state index in [-0.39, 0.29) is 26.8 Å². The van der Waals surface area contributed by atoms with Gasteiger partial charge in [-0.05, 0) is 39.7 Å². The van der Waals surface area contributed by atoms with Gasteiger partial charge in [0.25, 0.3) is 0 Å². The van der Waals surface area contributed by atoms with Crippen molar-refractivity contribution in [2.45, 2.75) is 0 Å². The maximum Gasteiger partial charge on any atom is 0.172 e. The predicted molar refractivity (Wildman–Crippen MR) is 92.8 cm³/mol. The van der Waals surface area contributed by atoms with E-state index in [2.05, 4.69) is 31.4 Å². The number of phenols is 1. The van der Waals surface area contributed by atoms with Gasteiger partial charge in [0.1, 0.15) is 5.15 Å². The van der Waals surface area contributed by atoms with Crippen LogP contribution in [0.5, 0.6) is 11.5 Å². The molecule has 0 unspecified atom stereocenters. The number of halogens is 4. The van der Waals surface area contributed by atoms with Crippen LogP contribution >= 0.6 is 50.7 Å². The maximum absolute atomic E-state index is 9.73. The first kappa shape index (κ1) is 17.1. The number of anilines is 1. The molecular weight excluding hydrogens is 416 g/mol. The number of methoxy groups -OCH3 is 1. The number of benzene rings is 1. The van der Waals surface area contributed by atoms with Gasteiger partial charge in [0.15, 0.2) is 17.3 Å². The Labute approximate surface area is 150 Å². The van der Waals surface area contributed by atoms with Crippen LogP contribution in [0.1, 0.15) is 5.56 Å². The maximum atomic E-state index is 9.73. The second-order valence-electron chi connectivity index (χ2n) is 4.02. The monoisotopic (exact) mass is 423 g/mol. The van der Waals surface area contributed by atoms with Crippen LogP contribution < -0.4 is 10.2 Å². The van der Waals surface area contributed by atoms with Crippen LogP contribution in [-0.2, 0) is 0 Å². The normalized spacial score (nSPS) is 11.0. The molecule has 0 aliphatic carbocycles. The van der Waals surface area contributed by atoms with Crippen LogP contribution in [0.4, 0.5) is 5.82 Å². The fraction of sp³-hybridized carbons (Fsp3) is 0.0769. The molecule has 2 aromatic rings. The number of phenolic OH excluding ortho intramolecular Hbond substituents is 1. The molecule has 0 bridgehead atoms. The largest absolute Gasteiger partial charge is 0.503 e. The zero-order valence-electron chi connectivity index (χ0n) is 11.1. The number of nitrogens with one attached hydrogen (secondary N) is 1. The smallest absolute Gasteiger partial charge is 0.172 e. The number of pyridine rings is 1. The van der Waals surface area contributed by atoms with E-state index in [1.165, 1.54) is 19.4 Å². The number of nitrogens with zero attached hydrogens (tertiary/aromatic N) is 2. The van der Waals surface area contributed by atoms with Crippen molar-refractivity contribution in [2.24, 2.45) is 5.10 Å². The van der Waals surface area contributed by atoms with Gasteiger partial charge in [-0.15, -0.1) is 0 Å². The minimum absolute atomic E-state index is 0.0156. The summed E-state index contributed by atoms with van der Waals surface area (Å²) in [4.78, 5) is 3.97. The summed E-state index contributed by atoms with van der Waals surface area (Å²) in [5.41, 5.74) is 3.35. The molecular formula is C13H9BrCl3N3O2. The molecule has 1 aromatic heterocycles. The van der Waals surface area contributed by atoms with Crippen molar-refractivity contribution in [3.8, 4) is 11.5 Å². The van der Waals surface area contributed by atoms with E-state index in [0.717, 1.165) is 0 Å². The summed E-state index contributed by atoms with van der Waals surface area (Å²) in [6.45, 7) is 0. The number of ether oxygens (including phenoxy) is 1. The molecule has 0 radical (unpaired) electrons. The van der Waals surface area contributed by atoms with Crippen molar-refractivity contribution >= 4 is 62.8 Å². The Morgan fingerprint density at radius 2 is 2.00 bits per heavy atom.